The molecule has 12 heteroatoms. The highest BCUT2D eigenvalue weighted by molar-refractivity contribution is 7.80. The van der Waals surface area contributed by atoms with Gasteiger partial charge in [-0.15, -0.1) is 0 Å². The van der Waals surface area contributed by atoms with Crippen molar-refractivity contribution in [3.05, 3.63) is 29.8 Å². The van der Waals surface area contributed by atoms with Crippen LogP contribution in [-0.4, -0.2) is 70.4 Å². The molecule has 3 amide bonds. The van der Waals surface area contributed by atoms with E-state index in [1.165, 1.54) is 19.1 Å². The van der Waals surface area contributed by atoms with Crippen LogP contribution < -0.4 is 27.4 Å². The summed E-state index contributed by atoms with van der Waals surface area (Å²) in [4.78, 5) is 49.0. The molecular weight excluding hydrogens is 450 g/mol. The summed E-state index contributed by atoms with van der Waals surface area (Å²) in [6.07, 6.45) is 1.35. The Morgan fingerprint density at radius 2 is 1.58 bits per heavy atom. The first kappa shape index (κ1) is 28.2. The third kappa shape index (κ3) is 10.1. The van der Waals surface area contributed by atoms with Crippen molar-refractivity contribution < 1.29 is 29.4 Å². The highest BCUT2D eigenvalue weighted by Crippen LogP contribution is 2.12. The van der Waals surface area contributed by atoms with Gasteiger partial charge < -0.3 is 37.6 Å². The number of carbonyl (C=O) groups excluding carboxylic acids is 3. The van der Waals surface area contributed by atoms with E-state index in [0.29, 0.717) is 24.9 Å². The molecule has 0 spiro atoms. The molecule has 0 fully saturated rings. The Hall–Kier alpha value is -2.83. The van der Waals surface area contributed by atoms with Crippen LogP contribution in [0.2, 0.25) is 0 Å². The van der Waals surface area contributed by atoms with Crippen molar-refractivity contribution in [3.63, 3.8) is 0 Å². The minimum atomic E-state index is -1.25. The molecule has 0 saturated heterocycles. The number of unbranched alkanes of at least 4 members (excludes halogenated alkanes) is 1. The number of hydrogen-bond donors (Lipinski definition) is 8. The molecule has 0 radical (unpaired) electrons. The van der Waals surface area contributed by atoms with Gasteiger partial charge in [-0.25, -0.2) is 4.79 Å². The Morgan fingerprint density at radius 1 is 0.970 bits per heavy atom. The fraction of sp³-hybridized carbons (Fsp3) is 0.524. The maximum Gasteiger partial charge on any atom is 0.326 e. The molecule has 4 atom stereocenters. The Balaban J connectivity index is 2.86. The van der Waals surface area contributed by atoms with Gasteiger partial charge in [0.05, 0.1) is 6.04 Å². The van der Waals surface area contributed by atoms with Crippen molar-refractivity contribution in [1.82, 2.24) is 16.0 Å². The molecule has 0 aliphatic rings. The first-order chi connectivity index (χ1) is 15.6. The summed E-state index contributed by atoms with van der Waals surface area (Å²) in [6, 6.07) is 1.81. The van der Waals surface area contributed by atoms with Crippen molar-refractivity contribution in [2.45, 2.75) is 56.8 Å². The van der Waals surface area contributed by atoms with Crippen LogP contribution in [0.4, 0.5) is 0 Å². The summed E-state index contributed by atoms with van der Waals surface area (Å²) < 4.78 is 0. The molecule has 1 aromatic rings. The van der Waals surface area contributed by atoms with Gasteiger partial charge in [-0.1, -0.05) is 12.1 Å². The normalized spacial score (nSPS) is 14.4. The SMILES string of the molecule is CC(NC(=O)C(N)CS)C(=O)NC(CCCCN)C(=O)NC(Cc1ccc(O)cc1)C(=O)O. The van der Waals surface area contributed by atoms with Gasteiger partial charge in [0.15, 0.2) is 0 Å². The third-order valence-electron chi connectivity index (χ3n) is 4.86. The number of phenolic OH excluding ortho intramolecular Hbond substituents is 1. The predicted molar refractivity (Wildman–Crippen MR) is 126 cm³/mol. The Kier molecular flexibility index (Phi) is 12.3. The number of benzene rings is 1. The molecule has 11 nitrogen and oxygen atoms in total. The minimum Gasteiger partial charge on any atom is -0.508 e. The molecule has 1 aromatic carbocycles. The molecule has 33 heavy (non-hydrogen) atoms. The van der Waals surface area contributed by atoms with Crippen molar-refractivity contribution in [2.75, 3.05) is 12.3 Å². The Bertz CT molecular complexity index is 807. The van der Waals surface area contributed by atoms with E-state index in [0.717, 1.165) is 0 Å². The predicted octanol–water partition coefficient (Wildman–Crippen LogP) is -1.12. The number of nitrogens with one attached hydrogen (secondary N) is 3. The summed E-state index contributed by atoms with van der Waals surface area (Å²) in [7, 11) is 0. The van der Waals surface area contributed by atoms with Crippen LogP contribution in [-0.2, 0) is 25.6 Å². The number of aliphatic carboxylic acids is 1. The third-order valence-corrected chi connectivity index (χ3v) is 5.25. The number of aromatic hydroxyl groups is 1. The highest BCUT2D eigenvalue weighted by atomic mass is 32.1. The lowest BCUT2D eigenvalue weighted by Gasteiger charge is -2.24. The second-order valence-electron chi connectivity index (χ2n) is 7.63. The fourth-order valence-electron chi connectivity index (χ4n) is 2.87. The van der Waals surface area contributed by atoms with Gasteiger partial charge >= 0.3 is 5.97 Å². The molecule has 9 N–H and O–H groups in total. The van der Waals surface area contributed by atoms with E-state index in [9.17, 15) is 29.4 Å². The van der Waals surface area contributed by atoms with Crippen LogP contribution in [0.25, 0.3) is 0 Å². The lowest BCUT2D eigenvalue weighted by Crippen LogP contribution is -2.56. The molecule has 0 aliphatic heterocycles. The van der Waals surface area contributed by atoms with Crippen LogP contribution in [0.1, 0.15) is 31.7 Å². The van der Waals surface area contributed by atoms with Crippen LogP contribution >= 0.6 is 12.6 Å². The quantitative estimate of drug-likeness (QED) is 0.120. The summed E-state index contributed by atoms with van der Waals surface area (Å²) in [5.74, 6) is -2.96. The van der Waals surface area contributed by atoms with E-state index < -0.39 is 47.9 Å². The van der Waals surface area contributed by atoms with E-state index >= 15 is 0 Å². The molecule has 0 aliphatic carbocycles. The maximum absolute atomic E-state index is 12.9. The summed E-state index contributed by atoms with van der Waals surface area (Å²) >= 11 is 3.94. The lowest BCUT2D eigenvalue weighted by molar-refractivity contribution is -0.142. The number of rotatable bonds is 14. The first-order valence-electron chi connectivity index (χ1n) is 10.6. The molecule has 0 heterocycles. The van der Waals surface area contributed by atoms with Gasteiger partial charge in [0.2, 0.25) is 17.7 Å². The maximum atomic E-state index is 12.9. The zero-order chi connectivity index (χ0) is 25.0. The van der Waals surface area contributed by atoms with Gasteiger partial charge in [-0.3, -0.25) is 14.4 Å². The lowest BCUT2D eigenvalue weighted by atomic mass is 10.0. The fourth-order valence-corrected chi connectivity index (χ4v) is 3.03. The molecular formula is C21H33N5O6S. The topological polar surface area (TPSA) is 197 Å². The largest absolute Gasteiger partial charge is 0.508 e. The zero-order valence-electron chi connectivity index (χ0n) is 18.5. The number of carboxylic acid groups (broad SMARTS) is 1. The van der Waals surface area contributed by atoms with Gasteiger partial charge in [0.25, 0.3) is 0 Å². The van der Waals surface area contributed by atoms with Crippen molar-refractivity contribution >= 4 is 36.3 Å². The van der Waals surface area contributed by atoms with Crippen LogP contribution in [0.3, 0.4) is 0 Å². The van der Waals surface area contributed by atoms with Crippen molar-refractivity contribution in [3.8, 4) is 5.75 Å². The van der Waals surface area contributed by atoms with E-state index in [4.69, 9.17) is 11.5 Å². The summed E-state index contributed by atoms with van der Waals surface area (Å²) in [5.41, 5.74) is 11.7. The minimum absolute atomic E-state index is 0.0150. The number of nitrogens with two attached hydrogens (primary N) is 2. The molecule has 0 bridgehead atoms. The van der Waals surface area contributed by atoms with Crippen LogP contribution in [0, 0.1) is 0 Å². The van der Waals surface area contributed by atoms with Gasteiger partial charge in [0, 0.05) is 12.2 Å². The van der Waals surface area contributed by atoms with E-state index in [-0.39, 0.29) is 24.3 Å². The molecule has 1 rings (SSSR count). The van der Waals surface area contributed by atoms with Crippen LogP contribution in [0.5, 0.6) is 5.75 Å². The van der Waals surface area contributed by atoms with Crippen molar-refractivity contribution in [1.29, 1.82) is 0 Å². The number of carbonyl (C=O) groups is 4. The van der Waals surface area contributed by atoms with Crippen molar-refractivity contribution in [2.24, 2.45) is 11.5 Å². The second kappa shape index (κ2) is 14.3. The number of carboxylic acids is 1. The molecule has 0 saturated carbocycles. The number of phenols is 1. The van der Waals surface area contributed by atoms with Crippen LogP contribution in [0.15, 0.2) is 24.3 Å². The number of hydrogen-bond acceptors (Lipinski definition) is 8. The van der Waals surface area contributed by atoms with Gasteiger partial charge in [-0.05, 0) is 50.4 Å². The molecule has 4 unspecified atom stereocenters. The second-order valence-corrected chi connectivity index (χ2v) is 8.00. The highest BCUT2D eigenvalue weighted by Gasteiger charge is 2.28. The van der Waals surface area contributed by atoms with E-state index in [2.05, 4.69) is 28.6 Å². The van der Waals surface area contributed by atoms with Gasteiger partial charge in [0.1, 0.15) is 23.9 Å². The smallest absolute Gasteiger partial charge is 0.326 e. The van der Waals surface area contributed by atoms with Gasteiger partial charge in [-0.2, -0.15) is 12.6 Å². The average Bonchev–Trinajstić information content (AvgIpc) is 2.78. The van der Waals surface area contributed by atoms with E-state index in [1.54, 1.807) is 12.1 Å². The average molecular weight is 484 g/mol. The summed E-state index contributed by atoms with van der Waals surface area (Å²) in [6.45, 7) is 1.84. The zero-order valence-corrected chi connectivity index (χ0v) is 19.4. The summed E-state index contributed by atoms with van der Waals surface area (Å²) in [5, 5.41) is 26.4. The molecule has 184 valence electrons. The monoisotopic (exact) mass is 483 g/mol. The Morgan fingerprint density at radius 3 is 2.12 bits per heavy atom. The number of thiol groups is 1. The Labute approximate surface area is 198 Å². The van der Waals surface area contributed by atoms with E-state index in [1.807, 2.05) is 0 Å². The first-order valence-corrected chi connectivity index (χ1v) is 11.2. The standard InChI is InChI=1S/C21H33N5O6S/c1-12(24-19(29)15(23)11-33)18(28)25-16(4-2-3-9-22)20(30)26-17(21(31)32)10-13-5-7-14(27)8-6-13/h5-8,12,15-17,27,33H,2-4,9-11,22-23H2,1H3,(H,24,29)(H,25,28)(H,26,30)(H,31,32). The number of amides is 3. The molecule has 0 aromatic heterocycles.